The van der Waals surface area contributed by atoms with Crippen molar-refractivity contribution in [1.29, 1.82) is 0 Å². The molecular weight excluding hydrogens is 210 g/mol. The molecule has 0 aromatic heterocycles. The van der Waals surface area contributed by atoms with Crippen molar-refractivity contribution in [2.75, 3.05) is 13.1 Å². The van der Waals surface area contributed by atoms with E-state index in [4.69, 9.17) is 0 Å². The molecular formula is C15H21NO. The molecule has 0 spiro atoms. The summed E-state index contributed by atoms with van der Waals surface area (Å²) in [6, 6.07) is 9.64. The molecule has 0 saturated carbocycles. The van der Waals surface area contributed by atoms with Crippen LogP contribution in [0.5, 0.6) is 0 Å². The van der Waals surface area contributed by atoms with Gasteiger partial charge in [-0.05, 0) is 38.8 Å². The topological polar surface area (TPSA) is 20.3 Å². The van der Waals surface area contributed by atoms with Gasteiger partial charge in [0.05, 0.1) is 6.04 Å². The first-order valence-electron chi connectivity index (χ1n) is 6.52. The van der Waals surface area contributed by atoms with Crippen LogP contribution >= 0.6 is 0 Å². The van der Waals surface area contributed by atoms with Crippen LogP contribution in [0, 0.1) is 5.92 Å². The minimum Gasteiger partial charge on any atom is -0.293 e. The largest absolute Gasteiger partial charge is 0.293 e. The zero-order chi connectivity index (χ0) is 12.3. The van der Waals surface area contributed by atoms with E-state index >= 15 is 0 Å². The molecule has 1 fully saturated rings. The second kappa shape index (κ2) is 5.46. The minimum absolute atomic E-state index is 0.0184. The van der Waals surface area contributed by atoms with Crippen molar-refractivity contribution in [3.63, 3.8) is 0 Å². The lowest BCUT2D eigenvalue weighted by molar-refractivity contribution is 0.0779. The molecule has 17 heavy (non-hydrogen) atoms. The standard InChI is InChI=1S/C15H21NO/c1-12-8-10-16(11-9-12)13(2)15(17)14-6-4-3-5-7-14/h3-7,12-13H,8-11H2,1-2H3. The van der Waals surface area contributed by atoms with Crippen LogP contribution in [0.2, 0.25) is 0 Å². The van der Waals surface area contributed by atoms with Crippen LogP contribution in [-0.4, -0.2) is 29.8 Å². The molecule has 1 unspecified atom stereocenters. The lowest BCUT2D eigenvalue weighted by Crippen LogP contribution is -2.43. The number of hydrogen-bond donors (Lipinski definition) is 0. The Bertz CT molecular complexity index is 366. The van der Waals surface area contributed by atoms with E-state index < -0.39 is 0 Å². The first kappa shape index (κ1) is 12.3. The Hall–Kier alpha value is -1.15. The number of Topliss-reactive ketones (excluding diaryl/α,β-unsaturated/α-hetero) is 1. The van der Waals surface area contributed by atoms with Gasteiger partial charge < -0.3 is 0 Å². The lowest BCUT2D eigenvalue weighted by Gasteiger charge is -2.34. The van der Waals surface area contributed by atoms with E-state index in [1.165, 1.54) is 12.8 Å². The fourth-order valence-corrected chi connectivity index (χ4v) is 2.43. The fraction of sp³-hybridized carbons (Fsp3) is 0.533. The normalized spacial score (nSPS) is 20.1. The number of nitrogens with zero attached hydrogens (tertiary/aromatic N) is 1. The highest BCUT2D eigenvalue weighted by Crippen LogP contribution is 2.19. The summed E-state index contributed by atoms with van der Waals surface area (Å²) in [5.41, 5.74) is 0.832. The molecule has 1 aromatic rings. The zero-order valence-electron chi connectivity index (χ0n) is 10.7. The summed E-state index contributed by atoms with van der Waals surface area (Å²) in [5.74, 6) is 1.06. The molecule has 1 atom stereocenters. The van der Waals surface area contributed by atoms with E-state index in [1.54, 1.807) is 0 Å². The summed E-state index contributed by atoms with van der Waals surface area (Å²) in [4.78, 5) is 14.6. The smallest absolute Gasteiger partial charge is 0.179 e. The van der Waals surface area contributed by atoms with Crippen LogP contribution in [0.1, 0.15) is 37.0 Å². The molecule has 0 N–H and O–H groups in total. The molecule has 2 rings (SSSR count). The second-order valence-corrected chi connectivity index (χ2v) is 5.12. The number of hydrogen-bond acceptors (Lipinski definition) is 2. The summed E-state index contributed by atoms with van der Waals surface area (Å²) in [7, 11) is 0. The van der Waals surface area contributed by atoms with Crippen molar-refractivity contribution in [2.45, 2.75) is 32.7 Å². The van der Waals surface area contributed by atoms with E-state index in [1.807, 2.05) is 37.3 Å². The fourth-order valence-electron chi connectivity index (χ4n) is 2.43. The highest BCUT2D eigenvalue weighted by molar-refractivity contribution is 5.99. The van der Waals surface area contributed by atoms with Crippen LogP contribution in [-0.2, 0) is 0 Å². The van der Waals surface area contributed by atoms with E-state index in [9.17, 15) is 4.79 Å². The van der Waals surface area contributed by atoms with Crippen LogP contribution in [0.15, 0.2) is 30.3 Å². The SMILES string of the molecule is CC1CCN(C(C)C(=O)c2ccccc2)CC1. The second-order valence-electron chi connectivity index (χ2n) is 5.12. The Morgan fingerprint density at radius 1 is 1.24 bits per heavy atom. The number of ketones is 1. The molecule has 2 nitrogen and oxygen atoms in total. The third kappa shape index (κ3) is 2.95. The highest BCUT2D eigenvalue weighted by Gasteiger charge is 2.25. The van der Waals surface area contributed by atoms with Gasteiger partial charge in [0, 0.05) is 5.56 Å². The van der Waals surface area contributed by atoms with Crippen molar-refractivity contribution < 1.29 is 4.79 Å². The summed E-state index contributed by atoms with van der Waals surface area (Å²) >= 11 is 0. The van der Waals surface area contributed by atoms with Gasteiger partial charge in [-0.3, -0.25) is 9.69 Å². The van der Waals surface area contributed by atoms with E-state index in [0.29, 0.717) is 0 Å². The Balaban J connectivity index is 2.00. The number of piperidine rings is 1. The summed E-state index contributed by atoms with van der Waals surface area (Å²) in [5, 5.41) is 0. The molecule has 0 radical (unpaired) electrons. The molecule has 92 valence electrons. The van der Waals surface area contributed by atoms with Crippen molar-refractivity contribution in [3.05, 3.63) is 35.9 Å². The lowest BCUT2D eigenvalue weighted by atomic mass is 9.96. The highest BCUT2D eigenvalue weighted by atomic mass is 16.1. The van der Waals surface area contributed by atoms with Crippen molar-refractivity contribution >= 4 is 5.78 Å². The van der Waals surface area contributed by atoms with Gasteiger partial charge in [-0.25, -0.2) is 0 Å². The molecule has 1 heterocycles. The quantitative estimate of drug-likeness (QED) is 0.745. The predicted molar refractivity (Wildman–Crippen MR) is 70.2 cm³/mol. The van der Waals surface area contributed by atoms with Gasteiger partial charge >= 0.3 is 0 Å². The van der Waals surface area contributed by atoms with Crippen molar-refractivity contribution in [3.8, 4) is 0 Å². The van der Waals surface area contributed by atoms with Gasteiger partial charge in [0.15, 0.2) is 5.78 Å². The van der Waals surface area contributed by atoms with Gasteiger partial charge in [0.25, 0.3) is 0 Å². The molecule has 1 saturated heterocycles. The third-order valence-corrected chi connectivity index (χ3v) is 3.80. The van der Waals surface area contributed by atoms with Gasteiger partial charge in [0.2, 0.25) is 0 Å². The molecule has 0 bridgehead atoms. The number of benzene rings is 1. The van der Waals surface area contributed by atoms with Gasteiger partial charge in [0.1, 0.15) is 0 Å². The van der Waals surface area contributed by atoms with Crippen molar-refractivity contribution in [1.82, 2.24) is 4.90 Å². The van der Waals surface area contributed by atoms with Crippen LogP contribution in [0.3, 0.4) is 0 Å². The van der Waals surface area contributed by atoms with E-state index in [-0.39, 0.29) is 11.8 Å². The molecule has 1 aliphatic rings. The molecule has 0 amide bonds. The first-order chi connectivity index (χ1) is 8.18. The van der Waals surface area contributed by atoms with Gasteiger partial charge in [-0.15, -0.1) is 0 Å². The maximum atomic E-state index is 12.3. The van der Waals surface area contributed by atoms with Gasteiger partial charge in [-0.2, -0.15) is 0 Å². The molecule has 2 heteroatoms. The zero-order valence-corrected chi connectivity index (χ0v) is 10.7. The molecule has 0 aliphatic carbocycles. The Kier molecular flexibility index (Phi) is 3.95. The van der Waals surface area contributed by atoms with Crippen LogP contribution in [0.25, 0.3) is 0 Å². The van der Waals surface area contributed by atoms with Crippen LogP contribution < -0.4 is 0 Å². The molecule has 1 aromatic carbocycles. The maximum Gasteiger partial charge on any atom is 0.179 e. The van der Waals surface area contributed by atoms with Crippen LogP contribution in [0.4, 0.5) is 0 Å². The minimum atomic E-state index is 0.0184. The number of carbonyl (C=O) groups is 1. The number of likely N-dealkylation sites (tertiary alicyclic amines) is 1. The number of carbonyl (C=O) groups excluding carboxylic acids is 1. The average molecular weight is 231 g/mol. The maximum absolute atomic E-state index is 12.3. The monoisotopic (exact) mass is 231 g/mol. The Morgan fingerprint density at radius 3 is 2.41 bits per heavy atom. The Labute approximate surface area is 104 Å². The van der Waals surface area contributed by atoms with E-state index in [0.717, 1.165) is 24.6 Å². The molecule has 1 aliphatic heterocycles. The summed E-state index contributed by atoms with van der Waals surface area (Å²) in [6.45, 7) is 6.44. The third-order valence-electron chi connectivity index (χ3n) is 3.80. The number of rotatable bonds is 3. The summed E-state index contributed by atoms with van der Waals surface area (Å²) in [6.07, 6.45) is 2.43. The first-order valence-corrected chi connectivity index (χ1v) is 6.52. The van der Waals surface area contributed by atoms with Gasteiger partial charge in [-0.1, -0.05) is 37.3 Å². The van der Waals surface area contributed by atoms with E-state index in [2.05, 4.69) is 11.8 Å². The van der Waals surface area contributed by atoms with Crippen molar-refractivity contribution in [2.24, 2.45) is 5.92 Å². The predicted octanol–water partition coefficient (Wildman–Crippen LogP) is 2.99. The summed E-state index contributed by atoms with van der Waals surface area (Å²) < 4.78 is 0. The Morgan fingerprint density at radius 2 is 1.82 bits per heavy atom. The average Bonchev–Trinajstić information content (AvgIpc) is 2.39.